The van der Waals surface area contributed by atoms with Crippen LogP contribution >= 0.6 is 0 Å². The third-order valence-electron chi connectivity index (χ3n) is 5.14. The van der Waals surface area contributed by atoms with Crippen LogP contribution in [0.4, 0.5) is 8.78 Å². The predicted octanol–water partition coefficient (Wildman–Crippen LogP) is 3.10. The Kier molecular flexibility index (Phi) is 6.74. The molecule has 3 rings (SSSR count). The highest BCUT2D eigenvalue weighted by Crippen LogP contribution is 2.18. The molecule has 4 nitrogen and oxygen atoms in total. The lowest BCUT2D eigenvalue weighted by molar-refractivity contribution is -0.135. The maximum absolute atomic E-state index is 13.6. The van der Waals surface area contributed by atoms with Crippen LogP contribution in [0, 0.1) is 17.6 Å². The highest BCUT2D eigenvalue weighted by atomic mass is 19.1. The van der Waals surface area contributed by atoms with Gasteiger partial charge in [0.1, 0.15) is 11.6 Å². The molecule has 1 aliphatic heterocycles. The van der Waals surface area contributed by atoms with Gasteiger partial charge in [-0.1, -0.05) is 30.3 Å². The molecule has 1 heterocycles. The minimum absolute atomic E-state index is 0.00924. The first-order valence-electron chi connectivity index (χ1n) is 9.56. The van der Waals surface area contributed by atoms with Crippen LogP contribution in [0.15, 0.2) is 48.5 Å². The number of hydrogen-bond acceptors (Lipinski definition) is 2. The molecule has 0 bridgehead atoms. The van der Waals surface area contributed by atoms with E-state index in [0.29, 0.717) is 44.5 Å². The average Bonchev–Trinajstić information content (AvgIpc) is 2.71. The topological polar surface area (TPSA) is 49.4 Å². The summed E-state index contributed by atoms with van der Waals surface area (Å²) in [5, 5.41) is 2.87. The van der Waals surface area contributed by atoms with Gasteiger partial charge in [-0.25, -0.2) is 8.78 Å². The molecule has 0 spiro atoms. The van der Waals surface area contributed by atoms with Crippen LogP contribution in [-0.4, -0.2) is 36.3 Å². The Bertz CT molecular complexity index is 816. The van der Waals surface area contributed by atoms with Gasteiger partial charge >= 0.3 is 0 Å². The molecule has 2 aromatic rings. The van der Waals surface area contributed by atoms with Crippen LogP contribution in [0.3, 0.4) is 0 Å². The molecule has 1 fully saturated rings. The summed E-state index contributed by atoms with van der Waals surface area (Å²) in [7, 11) is 0. The molecule has 6 heteroatoms. The van der Waals surface area contributed by atoms with Crippen LogP contribution in [0.1, 0.15) is 24.0 Å². The van der Waals surface area contributed by atoms with E-state index >= 15 is 0 Å². The lowest BCUT2D eigenvalue weighted by Gasteiger charge is -2.31. The quantitative estimate of drug-likeness (QED) is 0.829. The summed E-state index contributed by atoms with van der Waals surface area (Å²) < 4.78 is 26.5. The number of halogens is 2. The summed E-state index contributed by atoms with van der Waals surface area (Å²) in [6.07, 6.45) is 1.91. The van der Waals surface area contributed by atoms with Crippen molar-refractivity contribution in [1.29, 1.82) is 0 Å². The third kappa shape index (κ3) is 5.38. The predicted molar refractivity (Wildman–Crippen MR) is 103 cm³/mol. The Morgan fingerprint density at radius 3 is 2.36 bits per heavy atom. The van der Waals surface area contributed by atoms with E-state index < -0.39 is 0 Å². The van der Waals surface area contributed by atoms with Gasteiger partial charge in [-0.2, -0.15) is 0 Å². The van der Waals surface area contributed by atoms with Crippen LogP contribution in [-0.2, 0) is 22.4 Å². The second-order valence-electron chi connectivity index (χ2n) is 7.09. The molecule has 0 unspecified atom stereocenters. The van der Waals surface area contributed by atoms with Crippen molar-refractivity contribution in [3.8, 4) is 0 Å². The minimum atomic E-state index is -0.321. The van der Waals surface area contributed by atoms with E-state index in [4.69, 9.17) is 0 Å². The monoisotopic (exact) mass is 386 g/mol. The number of carbonyl (C=O) groups is 2. The van der Waals surface area contributed by atoms with Gasteiger partial charge < -0.3 is 10.2 Å². The normalized spacial score (nSPS) is 14.7. The van der Waals surface area contributed by atoms with E-state index in [-0.39, 0.29) is 35.8 Å². The van der Waals surface area contributed by atoms with Crippen molar-refractivity contribution in [2.45, 2.75) is 25.7 Å². The summed E-state index contributed by atoms with van der Waals surface area (Å²) in [5.74, 6) is -0.759. The van der Waals surface area contributed by atoms with Gasteiger partial charge in [0.2, 0.25) is 11.8 Å². The molecular formula is C22H24F2N2O2. The van der Waals surface area contributed by atoms with E-state index in [1.165, 1.54) is 18.2 Å². The average molecular weight is 386 g/mol. The summed E-state index contributed by atoms with van der Waals surface area (Å²) >= 11 is 0. The van der Waals surface area contributed by atoms with Crippen molar-refractivity contribution in [2.24, 2.45) is 5.92 Å². The standard InChI is InChI=1S/C22H24F2N2O2/c23-19-7-5-16(6-8-19)15-21(27)26-13-10-18(11-14-26)22(28)25-12-9-17-3-1-2-4-20(17)24/h1-8,18H,9-15H2,(H,25,28). The number of nitrogens with one attached hydrogen (secondary N) is 1. The molecule has 0 aromatic heterocycles. The summed E-state index contributed by atoms with van der Waals surface area (Å²) in [6.45, 7) is 1.46. The van der Waals surface area contributed by atoms with Crippen LogP contribution in [0.25, 0.3) is 0 Å². The van der Waals surface area contributed by atoms with Gasteiger partial charge in [-0.3, -0.25) is 9.59 Å². The van der Waals surface area contributed by atoms with Crippen molar-refractivity contribution < 1.29 is 18.4 Å². The number of piperidine rings is 1. The summed E-state index contributed by atoms with van der Waals surface area (Å²) in [5.41, 5.74) is 1.36. The fourth-order valence-corrected chi connectivity index (χ4v) is 3.45. The summed E-state index contributed by atoms with van der Waals surface area (Å²) in [4.78, 5) is 26.5. The highest BCUT2D eigenvalue weighted by Gasteiger charge is 2.27. The zero-order chi connectivity index (χ0) is 19.9. The van der Waals surface area contributed by atoms with E-state index in [2.05, 4.69) is 5.32 Å². The van der Waals surface area contributed by atoms with Crippen molar-refractivity contribution in [3.63, 3.8) is 0 Å². The number of rotatable bonds is 6. The van der Waals surface area contributed by atoms with E-state index in [1.54, 1.807) is 35.2 Å². The Balaban J connectivity index is 1.40. The number of amides is 2. The number of likely N-dealkylation sites (tertiary alicyclic amines) is 1. The smallest absolute Gasteiger partial charge is 0.226 e. The largest absolute Gasteiger partial charge is 0.356 e. The van der Waals surface area contributed by atoms with E-state index in [9.17, 15) is 18.4 Å². The Labute approximate surface area is 163 Å². The van der Waals surface area contributed by atoms with Crippen LogP contribution in [0.2, 0.25) is 0 Å². The zero-order valence-electron chi connectivity index (χ0n) is 15.7. The van der Waals surface area contributed by atoms with Crippen molar-refractivity contribution in [2.75, 3.05) is 19.6 Å². The van der Waals surface area contributed by atoms with Crippen molar-refractivity contribution >= 4 is 11.8 Å². The molecule has 28 heavy (non-hydrogen) atoms. The maximum Gasteiger partial charge on any atom is 0.226 e. The molecule has 1 saturated heterocycles. The Morgan fingerprint density at radius 1 is 1.00 bits per heavy atom. The second-order valence-corrected chi connectivity index (χ2v) is 7.09. The van der Waals surface area contributed by atoms with Gasteiger partial charge in [0, 0.05) is 25.6 Å². The zero-order valence-corrected chi connectivity index (χ0v) is 15.7. The lowest BCUT2D eigenvalue weighted by Crippen LogP contribution is -2.43. The molecule has 148 valence electrons. The Morgan fingerprint density at radius 2 is 1.68 bits per heavy atom. The van der Waals surface area contributed by atoms with Gasteiger partial charge in [-0.15, -0.1) is 0 Å². The lowest BCUT2D eigenvalue weighted by atomic mass is 9.95. The molecule has 0 radical (unpaired) electrons. The number of carbonyl (C=O) groups excluding carboxylic acids is 2. The number of benzene rings is 2. The maximum atomic E-state index is 13.6. The molecule has 0 atom stereocenters. The van der Waals surface area contributed by atoms with Gasteiger partial charge in [-0.05, 0) is 48.6 Å². The number of nitrogens with zero attached hydrogens (tertiary/aromatic N) is 1. The first-order chi connectivity index (χ1) is 13.5. The van der Waals surface area contributed by atoms with Gasteiger partial charge in [0.25, 0.3) is 0 Å². The van der Waals surface area contributed by atoms with Gasteiger partial charge in [0.15, 0.2) is 0 Å². The Hall–Kier alpha value is -2.76. The van der Waals surface area contributed by atoms with Gasteiger partial charge in [0.05, 0.1) is 6.42 Å². The first-order valence-corrected chi connectivity index (χ1v) is 9.56. The van der Waals surface area contributed by atoms with E-state index in [1.807, 2.05) is 0 Å². The van der Waals surface area contributed by atoms with Crippen LogP contribution < -0.4 is 5.32 Å². The molecule has 2 amide bonds. The highest BCUT2D eigenvalue weighted by molar-refractivity contribution is 5.81. The number of hydrogen-bond donors (Lipinski definition) is 1. The first kappa shape index (κ1) is 20.0. The fraction of sp³-hybridized carbons (Fsp3) is 0.364. The SMILES string of the molecule is O=C(NCCc1ccccc1F)C1CCN(C(=O)Cc2ccc(F)cc2)CC1. The molecular weight excluding hydrogens is 362 g/mol. The molecule has 0 saturated carbocycles. The molecule has 1 N–H and O–H groups in total. The minimum Gasteiger partial charge on any atom is -0.356 e. The van der Waals surface area contributed by atoms with Crippen LogP contribution in [0.5, 0.6) is 0 Å². The molecule has 1 aliphatic rings. The fourth-order valence-electron chi connectivity index (χ4n) is 3.45. The summed E-state index contributed by atoms with van der Waals surface area (Å²) in [6, 6.07) is 12.5. The third-order valence-corrected chi connectivity index (χ3v) is 5.14. The van der Waals surface area contributed by atoms with E-state index in [0.717, 1.165) is 5.56 Å². The molecule has 0 aliphatic carbocycles. The second kappa shape index (κ2) is 9.44. The van der Waals surface area contributed by atoms with Crippen molar-refractivity contribution in [1.82, 2.24) is 10.2 Å². The van der Waals surface area contributed by atoms with Crippen molar-refractivity contribution in [3.05, 3.63) is 71.3 Å². The molecule has 2 aromatic carbocycles.